The SMILES string of the molecule is CC(C)SCC(=O)NCC(O)C1CC1. The summed E-state index contributed by atoms with van der Waals surface area (Å²) >= 11 is 1.62. The van der Waals surface area contributed by atoms with E-state index in [4.69, 9.17) is 0 Å². The van der Waals surface area contributed by atoms with Gasteiger partial charge >= 0.3 is 0 Å². The molecule has 3 nitrogen and oxygen atoms in total. The molecule has 14 heavy (non-hydrogen) atoms. The molecule has 0 aromatic carbocycles. The number of thioether (sulfide) groups is 1. The normalized spacial score (nSPS) is 18.3. The van der Waals surface area contributed by atoms with Crippen LogP contribution in [0.1, 0.15) is 26.7 Å². The van der Waals surface area contributed by atoms with E-state index < -0.39 is 0 Å². The average Bonchev–Trinajstić information content (AvgIpc) is 2.93. The lowest BCUT2D eigenvalue weighted by atomic mass is 10.2. The van der Waals surface area contributed by atoms with Gasteiger partial charge < -0.3 is 10.4 Å². The van der Waals surface area contributed by atoms with E-state index >= 15 is 0 Å². The molecule has 0 bridgehead atoms. The van der Waals surface area contributed by atoms with Crippen molar-refractivity contribution in [2.24, 2.45) is 5.92 Å². The van der Waals surface area contributed by atoms with E-state index in [9.17, 15) is 9.90 Å². The minimum atomic E-state index is -0.331. The number of rotatable bonds is 6. The lowest BCUT2D eigenvalue weighted by molar-refractivity contribution is -0.119. The number of nitrogens with one attached hydrogen (secondary N) is 1. The van der Waals surface area contributed by atoms with E-state index in [1.54, 1.807) is 11.8 Å². The number of hydrogen-bond donors (Lipinski definition) is 2. The van der Waals surface area contributed by atoms with E-state index in [2.05, 4.69) is 19.2 Å². The van der Waals surface area contributed by atoms with Crippen LogP contribution < -0.4 is 5.32 Å². The van der Waals surface area contributed by atoms with Gasteiger partial charge in [-0.25, -0.2) is 0 Å². The van der Waals surface area contributed by atoms with Gasteiger partial charge in [-0.05, 0) is 24.0 Å². The molecule has 0 spiro atoms. The molecule has 4 heteroatoms. The highest BCUT2D eigenvalue weighted by molar-refractivity contribution is 8.00. The molecule has 0 aliphatic heterocycles. The highest BCUT2D eigenvalue weighted by atomic mass is 32.2. The lowest BCUT2D eigenvalue weighted by Gasteiger charge is -2.11. The van der Waals surface area contributed by atoms with Gasteiger partial charge in [0, 0.05) is 6.54 Å². The molecular weight excluding hydrogens is 198 g/mol. The van der Waals surface area contributed by atoms with Crippen molar-refractivity contribution in [2.45, 2.75) is 38.0 Å². The van der Waals surface area contributed by atoms with Crippen molar-refractivity contribution in [3.8, 4) is 0 Å². The molecule has 1 aliphatic rings. The first-order chi connectivity index (χ1) is 6.59. The molecule has 1 fully saturated rings. The minimum Gasteiger partial charge on any atom is -0.391 e. The number of carbonyl (C=O) groups is 1. The van der Waals surface area contributed by atoms with Gasteiger partial charge in [-0.3, -0.25) is 4.79 Å². The van der Waals surface area contributed by atoms with Crippen LogP contribution in [0.15, 0.2) is 0 Å². The van der Waals surface area contributed by atoms with Crippen LogP contribution in [-0.4, -0.2) is 34.7 Å². The zero-order valence-electron chi connectivity index (χ0n) is 8.82. The monoisotopic (exact) mass is 217 g/mol. The Morgan fingerprint density at radius 2 is 2.21 bits per heavy atom. The first kappa shape index (κ1) is 11.9. The number of aliphatic hydroxyl groups is 1. The van der Waals surface area contributed by atoms with E-state index in [1.807, 2.05) is 0 Å². The third-order valence-electron chi connectivity index (χ3n) is 2.22. The summed E-state index contributed by atoms with van der Waals surface area (Å²) in [4.78, 5) is 11.3. The number of amides is 1. The van der Waals surface area contributed by atoms with E-state index in [-0.39, 0.29) is 12.0 Å². The predicted octanol–water partition coefficient (Wildman–Crippen LogP) is 1.02. The minimum absolute atomic E-state index is 0.0309. The van der Waals surface area contributed by atoms with Crippen LogP contribution in [0.5, 0.6) is 0 Å². The Balaban J connectivity index is 2.02. The van der Waals surface area contributed by atoms with Crippen molar-refractivity contribution in [1.82, 2.24) is 5.32 Å². The fourth-order valence-corrected chi connectivity index (χ4v) is 1.75. The van der Waals surface area contributed by atoms with Crippen molar-refractivity contribution < 1.29 is 9.90 Å². The molecule has 1 aliphatic carbocycles. The topological polar surface area (TPSA) is 49.3 Å². The number of carbonyl (C=O) groups excluding carboxylic acids is 1. The van der Waals surface area contributed by atoms with Crippen molar-refractivity contribution in [1.29, 1.82) is 0 Å². The molecule has 82 valence electrons. The van der Waals surface area contributed by atoms with Crippen molar-refractivity contribution in [2.75, 3.05) is 12.3 Å². The van der Waals surface area contributed by atoms with Crippen molar-refractivity contribution in [3.63, 3.8) is 0 Å². The highest BCUT2D eigenvalue weighted by Crippen LogP contribution is 2.32. The maximum atomic E-state index is 11.3. The second kappa shape index (κ2) is 5.61. The first-order valence-electron chi connectivity index (χ1n) is 5.16. The molecule has 0 saturated heterocycles. The first-order valence-corrected chi connectivity index (χ1v) is 6.21. The Morgan fingerprint density at radius 3 is 2.71 bits per heavy atom. The van der Waals surface area contributed by atoms with Crippen LogP contribution in [0.25, 0.3) is 0 Å². The van der Waals surface area contributed by atoms with E-state index in [0.29, 0.717) is 23.5 Å². The molecule has 0 aromatic heterocycles. The Hall–Kier alpha value is -0.220. The van der Waals surface area contributed by atoms with E-state index in [1.165, 1.54) is 0 Å². The van der Waals surface area contributed by atoms with Crippen LogP contribution in [0.2, 0.25) is 0 Å². The molecule has 1 rings (SSSR count). The van der Waals surface area contributed by atoms with Crippen molar-refractivity contribution >= 4 is 17.7 Å². The van der Waals surface area contributed by atoms with Crippen LogP contribution >= 0.6 is 11.8 Å². The van der Waals surface area contributed by atoms with Gasteiger partial charge in [0.25, 0.3) is 0 Å². The van der Waals surface area contributed by atoms with Gasteiger partial charge in [-0.2, -0.15) is 0 Å². The summed E-state index contributed by atoms with van der Waals surface area (Å²) < 4.78 is 0. The Morgan fingerprint density at radius 1 is 1.57 bits per heavy atom. The number of aliphatic hydroxyl groups excluding tert-OH is 1. The number of hydrogen-bond acceptors (Lipinski definition) is 3. The fraction of sp³-hybridized carbons (Fsp3) is 0.900. The van der Waals surface area contributed by atoms with Gasteiger partial charge in [-0.15, -0.1) is 11.8 Å². The fourth-order valence-electron chi connectivity index (χ4n) is 1.16. The molecule has 2 N–H and O–H groups in total. The van der Waals surface area contributed by atoms with Crippen LogP contribution in [0.4, 0.5) is 0 Å². The van der Waals surface area contributed by atoms with Gasteiger partial charge in [0.2, 0.25) is 5.91 Å². The second-order valence-corrected chi connectivity index (χ2v) is 5.63. The Kier molecular flexibility index (Phi) is 4.75. The molecule has 1 atom stereocenters. The third-order valence-corrected chi connectivity index (χ3v) is 3.32. The summed E-state index contributed by atoms with van der Waals surface area (Å²) in [7, 11) is 0. The summed E-state index contributed by atoms with van der Waals surface area (Å²) in [5.41, 5.74) is 0. The lowest BCUT2D eigenvalue weighted by Crippen LogP contribution is -2.34. The van der Waals surface area contributed by atoms with Crippen LogP contribution in [0, 0.1) is 5.92 Å². The Bertz CT molecular complexity index is 193. The zero-order chi connectivity index (χ0) is 10.6. The summed E-state index contributed by atoms with van der Waals surface area (Å²) in [6, 6.07) is 0. The summed E-state index contributed by atoms with van der Waals surface area (Å²) in [6.07, 6.45) is 1.89. The standard InChI is InChI=1S/C10H19NO2S/c1-7(2)14-6-10(13)11-5-9(12)8-3-4-8/h7-9,12H,3-6H2,1-2H3,(H,11,13). The summed E-state index contributed by atoms with van der Waals surface area (Å²) in [5, 5.41) is 12.7. The second-order valence-electron chi connectivity index (χ2n) is 4.07. The van der Waals surface area contributed by atoms with Gasteiger partial charge in [0.15, 0.2) is 0 Å². The highest BCUT2D eigenvalue weighted by Gasteiger charge is 2.29. The predicted molar refractivity (Wildman–Crippen MR) is 59.3 cm³/mol. The van der Waals surface area contributed by atoms with Crippen molar-refractivity contribution in [3.05, 3.63) is 0 Å². The van der Waals surface area contributed by atoms with Crippen LogP contribution in [-0.2, 0) is 4.79 Å². The molecule has 1 amide bonds. The maximum absolute atomic E-state index is 11.3. The molecule has 1 unspecified atom stereocenters. The largest absolute Gasteiger partial charge is 0.391 e. The molecule has 1 saturated carbocycles. The molecular formula is C10H19NO2S. The molecule has 0 heterocycles. The molecule has 0 aromatic rings. The van der Waals surface area contributed by atoms with Crippen LogP contribution in [0.3, 0.4) is 0 Å². The van der Waals surface area contributed by atoms with Gasteiger partial charge in [0.1, 0.15) is 0 Å². The van der Waals surface area contributed by atoms with Gasteiger partial charge in [-0.1, -0.05) is 13.8 Å². The molecule has 0 radical (unpaired) electrons. The zero-order valence-corrected chi connectivity index (χ0v) is 9.64. The third kappa shape index (κ3) is 4.86. The summed E-state index contributed by atoms with van der Waals surface area (Å²) in [6.45, 7) is 4.55. The van der Waals surface area contributed by atoms with Gasteiger partial charge in [0.05, 0.1) is 11.9 Å². The smallest absolute Gasteiger partial charge is 0.230 e. The summed E-state index contributed by atoms with van der Waals surface area (Å²) in [5.74, 6) is 0.964. The van der Waals surface area contributed by atoms with E-state index in [0.717, 1.165) is 12.8 Å². The maximum Gasteiger partial charge on any atom is 0.230 e. The Labute approximate surface area is 89.6 Å². The average molecular weight is 217 g/mol. The quantitative estimate of drug-likeness (QED) is 0.698.